The number of carbonyl (C=O) groups excluding carboxylic acids is 4. The Morgan fingerprint density at radius 3 is 1.42 bits per heavy atom. The van der Waals surface area contributed by atoms with E-state index in [-0.39, 0.29) is 12.9 Å². The van der Waals surface area contributed by atoms with Crippen molar-refractivity contribution in [1.29, 1.82) is 0 Å². The largest absolute Gasteiger partial charge is 0.392 e. The molecule has 0 rings (SSSR count). The van der Waals surface area contributed by atoms with E-state index in [4.69, 9.17) is 0 Å². The number of ether oxygens (including phenoxy) is 2. The molecule has 0 amide bonds. The van der Waals surface area contributed by atoms with Crippen LogP contribution in [-0.2, 0) is 28.7 Å². The Hall–Kier alpha value is -1.98. The first kappa shape index (κ1) is 10.0. The fourth-order valence-electron chi connectivity index (χ4n) is 0.309. The Morgan fingerprint density at radius 2 is 1.17 bits per heavy atom. The van der Waals surface area contributed by atoms with Gasteiger partial charge in [0.1, 0.15) is 0 Å². The molecule has 0 aliphatic heterocycles. The molecule has 0 fully saturated rings. The minimum absolute atomic E-state index is 0.0856. The van der Waals surface area contributed by atoms with Crippen molar-refractivity contribution in [2.24, 2.45) is 0 Å². The van der Waals surface area contributed by atoms with Gasteiger partial charge in [0.05, 0.1) is 0 Å². The van der Waals surface area contributed by atoms with Crippen molar-refractivity contribution in [2.75, 3.05) is 0 Å². The summed E-state index contributed by atoms with van der Waals surface area (Å²) in [6.45, 7) is -0.171. The summed E-state index contributed by atoms with van der Waals surface area (Å²) in [5.74, 6) is -2.04. The molecule has 0 atom stereocenters. The van der Waals surface area contributed by atoms with Crippen molar-refractivity contribution < 1.29 is 28.7 Å². The quantitative estimate of drug-likeness (QED) is 0.232. The van der Waals surface area contributed by atoms with E-state index >= 15 is 0 Å². The summed E-state index contributed by atoms with van der Waals surface area (Å²) in [5, 5.41) is 0. The summed E-state index contributed by atoms with van der Waals surface area (Å²) in [7, 11) is 0. The van der Waals surface area contributed by atoms with Crippen molar-refractivity contribution >= 4 is 24.9 Å². The Kier molecular flexibility index (Phi) is 4.83. The molecule has 0 saturated heterocycles. The second-order valence-electron chi connectivity index (χ2n) is 1.40. The Bertz CT molecular complexity index is 204. The maximum absolute atomic E-state index is 10.3. The number of hydrogen-bond donors (Lipinski definition) is 0. The first-order chi connectivity index (χ1) is 5.70. The van der Waals surface area contributed by atoms with Gasteiger partial charge in [0.25, 0.3) is 0 Å². The second kappa shape index (κ2) is 5.78. The lowest BCUT2D eigenvalue weighted by Crippen LogP contribution is -2.02. The van der Waals surface area contributed by atoms with Gasteiger partial charge in [-0.2, -0.15) is 0 Å². The summed E-state index contributed by atoms with van der Waals surface area (Å²) < 4.78 is 7.54. The molecule has 0 aromatic heterocycles. The molecule has 0 spiro atoms. The number of rotatable bonds is 4. The van der Waals surface area contributed by atoms with E-state index in [2.05, 4.69) is 9.47 Å². The molecule has 64 valence electrons. The molecule has 6 nitrogen and oxygen atoms in total. The molecule has 0 aromatic rings. The van der Waals surface area contributed by atoms with Crippen LogP contribution in [0.4, 0.5) is 0 Å². The smallest absolute Gasteiger partial charge is 0.338 e. The Morgan fingerprint density at radius 1 is 0.833 bits per heavy atom. The van der Waals surface area contributed by atoms with Crippen LogP contribution in [0.2, 0.25) is 0 Å². The average molecular weight is 172 g/mol. The van der Waals surface area contributed by atoms with Gasteiger partial charge in [0, 0.05) is 12.2 Å². The molecule has 0 bridgehead atoms. The van der Waals surface area contributed by atoms with E-state index in [9.17, 15) is 19.2 Å². The van der Waals surface area contributed by atoms with Crippen LogP contribution in [0.5, 0.6) is 0 Å². The second-order valence-corrected chi connectivity index (χ2v) is 1.40. The normalized spacial score (nSPS) is 9.00. The molecular weight excluding hydrogens is 168 g/mol. The third kappa shape index (κ3) is 4.86. The molecule has 0 aromatic carbocycles. The highest BCUT2D eigenvalue weighted by Gasteiger charge is 1.98. The van der Waals surface area contributed by atoms with Gasteiger partial charge < -0.3 is 9.47 Å². The fraction of sp³-hybridized carbons (Fsp3) is 0. The summed E-state index contributed by atoms with van der Waals surface area (Å²) >= 11 is 0. The molecular formula is C6H4O6. The van der Waals surface area contributed by atoms with E-state index in [0.29, 0.717) is 12.2 Å². The van der Waals surface area contributed by atoms with Gasteiger partial charge in [-0.05, 0) is 0 Å². The maximum Gasteiger partial charge on any atom is 0.338 e. The predicted molar refractivity (Wildman–Crippen MR) is 33.5 cm³/mol. The standard InChI is InChI=1S/C6H4O6/c7-3-11-5(9)1-2-6(10)12-4-8/h1-4H/b2-1-. The minimum atomic E-state index is -1.02. The van der Waals surface area contributed by atoms with Gasteiger partial charge in [0.15, 0.2) is 0 Å². The van der Waals surface area contributed by atoms with Gasteiger partial charge in [-0.15, -0.1) is 0 Å². The lowest BCUT2D eigenvalue weighted by Gasteiger charge is -1.87. The fourth-order valence-corrected chi connectivity index (χ4v) is 0.309. The zero-order valence-corrected chi connectivity index (χ0v) is 5.76. The summed E-state index contributed by atoms with van der Waals surface area (Å²) in [6, 6.07) is 0. The average Bonchev–Trinajstić information content (AvgIpc) is 2.02. The Labute approximate surface area is 66.7 Å². The molecule has 0 N–H and O–H groups in total. The van der Waals surface area contributed by atoms with Crippen LogP contribution in [0.25, 0.3) is 0 Å². The van der Waals surface area contributed by atoms with Crippen LogP contribution in [0.15, 0.2) is 12.2 Å². The first-order valence-corrected chi connectivity index (χ1v) is 2.67. The topological polar surface area (TPSA) is 86.7 Å². The van der Waals surface area contributed by atoms with Crippen LogP contribution in [0.1, 0.15) is 0 Å². The maximum atomic E-state index is 10.3. The molecule has 0 heterocycles. The summed E-state index contributed by atoms with van der Waals surface area (Å²) in [4.78, 5) is 39.7. The lowest BCUT2D eigenvalue weighted by atomic mass is 10.5. The van der Waals surface area contributed by atoms with Crippen LogP contribution < -0.4 is 0 Å². The minimum Gasteiger partial charge on any atom is -0.392 e. The number of hydrogen-bond acceptors (Lipinski definition) is 6. The van der Waals surface area contributed by atoms with Gasteiger partial charge >= 0.3 is 24.9 Å². The van der Waals surface area contributed by atoms with Gasteiger partial charge in [-0.3, -0.25) is 9.59 Å². The molecule has 0 saturated carbocycles. The van der Waals surface area contributed by atoms with E-state index in [1.807, 2.05) is 0 Å². The predicted octanol–water partition coefficient (Wildman–Crippen LogP) is -1.06. The van der Waals surface area contributed by atoms with E-state index in [1.165, 1.54) is 0 Å². The van der Waals surface area contributed by atoms with Crippen molar-refractivity contribution in [2.45, 2.75) is 0 Å². The Balaban J connectivity index is 3.88. The molecule has 0 aliphatic rings. The van der Waals surface area contributed by atoms with Crippen molar-refractivity contribution in [3.05, 3.63) is 12.2 Å². The van der Waals surface area contributed by atoms with Gasteiger partial charge in [-0.1, -0.05) is 0 Å². The summed E-state index contributed by atoms with van der Waals surface area (Å²) in [5.41, 5.74) is 0. The molecule has 0 radical (unpaired) electrons. The van der Waals surface area contributed by atoms with Crippen molar-refractivity contribution in [3.8, 4) is 0 Å². The van der Waals surface area contributed by atoms with Crippen LogP contribution >= 0.6 is 0 Å². The van der Waals surface area contributed by atoms with Crippen LogP contribution in [0, 0.1) is 0 Å². The lowest BCUT2D eigenvalue weighted by molar-refractivity contribution is -0.150. The molecule has 12 heavy (non-hydrogen) atoms. The third-order valence-corrected chi connectivity index (χ3v) is 0.684. The van der Waals surface area contributed by atoms with E-state index in [1.54, 1.807) is 0 Å². The molecule has 0 unspecified atom stereocenters. The van der Waals surface area contributed by atoms with E-state index in [0.717, 1.165) is 0 Å². The van der Waals surface area contributed by atoms with E-state index < -0.39 is 11.9 Å². The van der Waals surface area contributed by atoms with Crippen molar-refractivity contribution in [1.82, 2.24) is 0 Å². The molecule has 6 heteroatoms. The highest BCUT2D eigenvalue weighted by Crippen LogP contribution is 1.81. The van der Waals surface area contributed by atoms with Crippen LogP contribution in [-0.4, -0.2) is 24.9 Å². The number of carbonyl (C=O) groups is 4. The van der Waals surface area contributed by atoms with Crippen LogP contribution in [0.3, 0.4) is 0 Å². The van der Waals surface area contributed by atoms with Crippen molar-refractivity contribution in [3.63, 3.8) is 0 Å². The van der Waals surface area contributed by atoms with Gasteiger partial charge in [0.2, 0.25) is 0 Å². The third-order valence-electron chi connectivity index (χ3n) is 0.684. The zero-order chi connectivity index (χ0) is 9.40. The monoisotopic (exact) mass is 172 g/mol. The van der Waals surface area contributed by atoms with Gasteiger partial charge in [-0.25, -0.2) is 9.59 Å². The SMILES string of the molecule is O=COC(=O)/C=C\C(=O)OC=O. The zero-order valence-electron chi connectivity index (χ0n) is 5.76. The number of esters is 2. The first-order valence-electron chi connectivity index (χ1n) is 2.67. The highest BCUT2D eigenvalue weighted by atomic mass is 16.6. The molecule has 0 aliphatic carbocycles. The highest BCUT2D eigenvalue weighted by molar-refractivity contribution is 5.95. The summed E-state index contributed by atoms with van der Waals surface area (Å²) in [6.07, 6.45) is 1.31.